The van der Waals surface area contributed by atoms with E-state index >= 15 is 0 Å². The number of nitrogens with zero attached hydrogens (tertiary/aromatic N) is 3. The highest BCUT2D eigenvalue weighted by atomic mass is 19.1. The minimum Gasteiger partial charge on any atom is -0.497 e. The number of hydrogen-bond donors (Lipinski definition) is 1. The molecule has 4 rings (SSSR count). The van der Waals surface area contributed by atoms with Crippen LogP contribution in [0.2, 0.25) is 0 Å². The molecule has 5 nitrogen and oxygen atoms in total. The van der Waals surface area contributed by atoms with Gasteiger partial charge < -0.3 is 10.1 Å². The number of rotatable bonds is 4. The number of fused-ring (bicyclic) bond motifs is 1. The standard InChI is InChI=1S/C19H15FN4O/c1-25-16-8-2-5-13(11-16)17-9-4-10-24-18(17)22-19(23-24)21-15-7-3-6-14(20)12-15/h2-12H,1H3,(H,21,23). The summed E-state index contributed by atoms with van der Waals surface area (Å²) in [6.45, 7) is 0. The monoisotopic (exact) mass is 334 g/mol. The van der Waals surface area contributed by atoms with Gasteiger partial charge in [0.05, 0.1) is 7.11 Å². The third kappa shape index (κ3) is 3.01. The lowest BCUT2D eigenvalue weighted by molar-refractivity contribution is 0.415. The summed E-state index contributed by atoms with van der Waals surface area (Å²) in [4.78, 5) is 4.55. The van der Waals surface area contributed by atoms with Crippen LogP contribution in [0.5, 0.6) is 5.75 Å². The zero-order valence-corrected chi connectivity index (χ0v) is 13.5. The van der Waals surface area contributed by atoms with Gasteiger partial charge in [-0.05, 0) is 48.0 Å². The Bertz CT molecular complexity index is 1040. The number of nitrogens with one attached hydrogen (secondary N) is 1. The molecule has 0 saturated carbocycles. The zero-order chi connectivity index (χ0) is 17.2. The molecule has 0 aliphatic heterocycles. The van der Waals surface area contributed by atoms with E-state index in [1.807, 2.05) is 42.6 Å². The van der Waals surface area contributed by atoms with Crippen LogP contribution < -0.4 is 10.1 Å². The van der Waals surface area contributed by atoms with Crippen LogP contribution in [0.1, 0.15) is 0 Å². The first-order valence-corrected chi connectivity index (χ1v) is 7.75. The first-order chi connectivity index (χ1) is 12.2. The van der Waals surface area contributed by atoms with Crippen LogP contribution >= 0.6 is 0 Å². The molecule has 0 fully saturated rings. The van der Waals surface area contributed by atoms with E-state index in [1.165, 1.54) is 12.1 Å². The van der Waals surface area contributed by atoms with Crippen LogP contribution in [0.15, 0.2) is 66.9 Å². The Hall–Kier alpha value is -3.41. The van der Waals surface area contributed by atoms with Crippen molar-refractivity contribution < 1.29 is 9.13 Å². The minimum atomic E-state index is -0.314. The summed E-state index contributed by atoms with van der Waals surface area (Å²) >= 11 is 0. The van der Waals surface area contributed by atoms with Crippen LogP contribution in [-0.4, -0.2) is 21.7 Å². The largest absolute Gasteiger partial charge is 0.497 e. The quantitative estimate of drug-likeness (QED) is 0.605. The second kappa shape index (κ2) is 6.24. The first-order valence-electron chi connectivity index (χ1n) is 7.75. The predicted octanol–water partition coefficient (Wildman–Crippen LogP) is 4.29. The Balaban J connectivity index is 1.76. The maximum atomic E-state index is 13.3. The molecule has 0 unspecified atom stereocenters. The number of ether oxygens (including phenoxy) is 1. The van der Waals surface area contributed by atoms with Crippen molar-refractivity contribution in [3.8, 4) is 16.9 Å². The van der Waals surface area contributed by atoms with Crippen molar-refractivity contribution in [1.82, 2.24) is 14.6 Å². The van der Waals surface area contributed by atoms with Gasteiger partial charge in [-0.2, -0.15) is 4.98 Å². The van der Waals surface area contributed by atoms with Crippen LogP contribution in [0, 0.1) is 5.82 Å². The van der Waals surface area contributed by atoms with Crippen LogP contribution in [0.25, 0.3) is 16.8 Å². The van der Waals surface area contributed by atoms with Crippen molar-refractivity contribution >= 4 is 17.3 Å². The number of anilines is 2. The molecule has 0 atom stereocenters. The van der Waals surface area contributed by atoms with Crippen LogP contribution in [0.3, 0.4) is 0 Å². The number of hydrogen-bond acceptors (Lipinski definition) is 4. The van der Waals surface area contributed by atoms with Gasteiger partial charge in [0.25, 0.3) is 0 Å². The van der Waals surface area contributed by atoms with Gasteiger partial charge in [0.15, 0.2) is 5.65 Å². The normalized spacial score (nSPS) is 10.8. The molecule has 1 N–H and O–H groups in total. The molecular weight excluding hydrogens is 319 g/mol. The Morgan fingerprint density at radius 1 is 1.04 bits per heavy atom. The summed E-state index contributed by atoms with van der Waals surface area (Å²) in [6.07, 6.45) is 1.82. The highest BCUT2D eigenvalue weighted by molar-refractivity contribution is 5.78. The fraction of sp³-hybridized carbons (Fsp3) is 0.0526. The molecule has 6 heteroatoms. The van der Waals surface area contributed by atoms with Gasteiger partial charge in [-0.1, -0.05) is 18.2 Å². The molecule has 2 aromatic heterocycles. The third-order valence-corrected chi connectivity index (χ3v) is 3.82. The lowest BCUT2D eigenvalue weighted by atomic mass is 10.1. The van der Waals surface area contributed by atoms with E-state index in [9.17, 15) is 4.39 Å². The summed E-state index contributed by atoms with van der Waals surface area (Å²) in [5.74, 6) is 0.865. The molecule has 2 heterocycles. The lowest BCUT2D eigenvalue weighted by Gasteiger charge is -2.05. The summed E-state index contributed by atoms with van der Waals surface area (Å²) in [5, 5.41) is 7.43. The summed E-state index contributed by atoms with van der Waals surface area (Å²) < 4.78 is 20.3. The fourth-order valence-electron chi connectivity index (χ4n) is 2.67. The Kier molecular flexibility index (Phi) is 3.78. The molecule has 2 aromatic carbocycles. The van der Waals surface area contributed by atoms with Gasteiger partial charge in [0.2, 0.25) is 5.95 Å². The number of benzene rings is 2. The minimum absolute atomic E-state index is 0.314. The number of pyridine rings is 1. The van der Waals surface area contributed by atoms with Crippen molar-refractivity contribution in [1.29, 1.82) is 0 Å². The smallest absolute Gasteiger partial charge is 0.247 e. The van der Waals surface area contributed by atoms with E-state index in [0.29, 0.717) is 17.3 Å². The average molecular weight is 334 g/mol. The molecule has 25 heavy (non-hydrogen) atoms. The van der Waals surface area contributed by atoms with Gasteiger partial charge in [-0.15, -0.1) is 5.10 Å². The molecule has 0 saturated heterocycles. The average Bonchev–Trinajstić information content (AvgIpc) is 3.04. The molecule has 0 aliphatic carbocycles. The van der Waals surface area contributed by atoms with E-state index in [1.54, 1.807) is 23.8 Å². The Morgan fingerprint density at radius 3 is 2.76 bits per heavy atom. The molecule has 124 valence electrons. The topological polar surface area (TPSA) is 51.5 Å². The van der Waals surface area contributed by atoms with E-state index in [-0.39, 0.29) is 5.82 Å². The molecule has 0 aliphatic rings. The number of aromatic nitrogens is 3. The zero-order valence-electron chi connectivity index (χ0n) is 13.5. The Labute approximate surface area is 143 Å². The van der Waals surface area contributed by atoms with Gasteiger partial charge >= 0.3 is 0 Å². The van der Waals surface area contributed by atoms with E-state index < -0.39 is 0 Å². The van der Waals surface area contributed by atoms with Gasteiger partial charge in [0, 0.05) is 17.4 Å². The maximum Gasteiger partial charge on any atom is 0.247 e. The SMILES string of the molecule is COc1cccc(-c2cccn3nc(Nc4cccc(F)c4)nc23)c1. The maximum absolute atomic E-state index is 13.3. The highest BCUT2D eigenvalue weighted by Gasteiger charge is 2.10. The molecule has 0 bridgehead atoms. The fourth-order valence-corrected chi connectivity index (χ4v) is 2.67. The van der Waals surface area contributed by atoms with Crippen molar-refractivity contribution in [3.63, 3.8) is 0 Å². The lowest BCUT2D eigenvalue weighted by Crippen LogP contribution is -1.93. The van der Waals surface area contributed by atoms with Crippen molar-refractivity contribution in [3.05, 3.63) is 72.7 Å². The van der Waals surface area contributed by atoms with E-state index in [4.69, 9.17) is 4.74 Å². The summed E-state index contributed by atoms with van der Waals surface area (Å²) in [5.41, 5.74) is 3.21. The van der Waals surface area contributed by atoms with Gasteiger partial charge in [0.1, 0.15) is 11.6 Å². The van der Waals surface area contributed by atoms with Crippen molar-refractivity contribution in [2.24, 2.45) is 0 Å². The molecule has 0 amide bonds. The second-order valence-corrected chi connectivity index (χ2v) is 5.49. The van der Waals surface area contributed by atoms with Crippen LogP contribution in [0.4, 0.5) is 16.0 Å². The van der Waals surface area contributed by atoms with Crippen LogP contribution in [-0.2, 0) is 0 Å². The molecule has 4 aromatic rings. The third-order valence-electron chi connectivity index (χ3n) is 3.82. The highest BCUT2D eigenvalue weighted by Crippen LogP contribution is 2.27. The van der Waals surface area contributed by atoms with Gasteiger partial charge in [-0.3, -0.25) is 0 Å². The molecule has 0 radical (unpaired) electrons. The Morgan fingerprint density at radius 2 is 1.92 bits per heavy atom. The van der Waals surface area contributed by atoms with E-state index in [0.717, 1.165) is 16.9 Å². The first kappa shape index (κ1) is 15.1. The van der Waals surface area contributed by atoms with E-state index in [2.05, 4.69) is 15.4 Å². The number of methoxy groups -OCH3 is 1. The summed E-state index contributed by atoms with van der Waals surface area (Å²) in [6, 6.07) is 17.8. The summed E-state index contributed by atoms with van der Waals surface area (Å²) in [7, 11) is 1.64. The predicted molar refractivity (Wildman–Crippen MR) is 94.7 cm³/mol. The van der Waals surface area contributed by atoms with Crippen molar-refractivity contribution in [2.75, 3.05) is 12.4 Å². The van der Waals surface area contributed by atoms with Gasteiger partial charge in [-0.25, -0.2) is 8.91 Å². The molecule has 0 spiro atoms. The van der Waals surface area contributed by atoms with Crippen molar-refractivity contribution in [2.45, 2.75) is 0 Å². The molecular formula is C19H15FN4O. The number of halogens is 1. The second-order valence-electron chi connectivity index (χ2n) is 5.49.